The van der Waals surface area contributed by atoms with E-state index in [4.69, 9.17) is 4.52 Å². The average molecular weight is 540 g/mol. The van der Waals surface area contributed by atoms with Crippen LogP contribution in [0, 0.1) is 5.92 Å². The number of amides is 2. The van der Waals surface area contributed by atoms with Crippen molar-refractivity contribution in [1.29, 1.82) is 0 Å². The highest BCUT2D eigenvalue weighted by Crippen LogP contribution is 2.24. The molecule has 1 saturated heterocycles. The van der Waals surface area contributed by atoms with Gasteiger partial charge in [0.2, 0.25) is 17.6 Å². The third kappa shape index (κ3) is 6.76. The van der Waals surface area contributed by atoms with Crippen LogP contribution >= 0.6 is 15.9 Å². The van der Waals surface area contributed by atoms with Gasteiger partial charge in [0.05, 0.1) is 17.8 Å². The third-order valence-corrected chi connectivity index (χ3v) is 6.33. The first-order valence-electron chi connectivity index (χ1n) is 11.7. The summed E-state index contributed by atoms with van der Waals surface area (Å²) in [6.07, 6.45) is 1.44. The van der Waals surface area contributed by atoms with Gasteiger partial charge < -0.3 is 15.2 Å². The van der Waals surface area contributed by atoms with Gasteiger partial charge in [-0.15, -0.1) is 0 Å². The summed E-state index contributed by atoms with van der Waals surface area (Å²) in [5.74, 6) is 0.743. The van der Waals surface area contributed by atoms with Gasteiger partial charge in [0.15, 0.2) is 0 Å². The molecule has 2 heterocycles. The number of carbonyl (C=O) groups is 2. The number of likely N-dealkylation sites (tertiary alicyclic amines) is 1. The molecule has 3 aromatic rings. The van der Waals surface area contributed by atoms with Crippen LogP contribution in [0.2, 0.25) is 0 Å². The van der Waals surface area contributed by atoms with Gasteiger partial charge in [-0.1, -0.05) is 33.2 Å². The number of para-hydroxylation sites is 1. The maximum atomic E-state index is 13.0. The van der Waals surface area contributed by atoms with Crippen molar-refractivity contribution in [3.8, 4) is 11.4 Å². The second kappa shape index (κ2) is 10.7. The number of benzene rings is 2. The topological polar surface area (TPSA) is 100 Å². The second-order valence-corrected chi connectivity index (χ2v) is 10.7. The van der Waals surface area contributed by atoms with Crippen molar-refractivity contribution in [1.82, 2.24) is 20.4 Å². The maximum absolute atomic E-state index is 13.0. The van der Waals surface area contributed by atoms with Crippen LogP contribution in [0.5, 0.6) is 0 Å². The standard InChI is InChI=1S/C26H30BrN5O3/c1-26(2,3)30-25(34)20-6-4-5-7-21(20)28-24(33)18-12-14-32(15-13-18)16-22-29-23(31-35-22)17-8-10-19(27)11-9-17/h4-11,18H,12-16H2,1-3H3,(H,28,33)(H,30,34). The summed E-state index contributed by atoms with van der Waals surface area (Å²) in [5, 5.41) is 10.0. The predicted octanol–water partition coefficient (Wildman–Crippen LogP) is 4.88. The van der Waals surface area contributed by atoms with Crippen molar-refractivity contribution < 1.29 is 14.1 Å². The van der Waals surface area contributed by atoms with E-state index >= 15 is 0 Å². The fourth-order valence-electron chi connectivity index (χ4n) is 4.01. The molecule has 8 nitrogen and oxygen atoms in total. The van der Waals surface area contributed by atoms with Crippen molar-refractivity contribution in [2.45, 2.75) is 45.7 Å². The van der Waals surface area contributed by atoms with Crippen LogP contribution in [0.25, 0.3) is 11.4 Å². The van der Waals surface area contributed by atoms with Crippen LogP contribution in [-0.4, -0.2) is 45.5 Å². The largest absolute Gasteiger partial charge is 0.347 e. The molecule has 35 heavy (non-hydrogen) atoms. The van der Waals surface area contributed by atoms with Crippen LogP contribution in [0.4, 0.5) is 5.69 Å². The van der Waals surface area contributed by atoms with Crippen molar-refractivity contribution in [3.63, 3.8) is 0 Å². The molecule has 0 saturated carbocycles. The van der Waals surface area contributed by atoms with Crippen LogP contribution in [0.1, 0.15) is 49.9 Å². The quantitative estimate of drug-likeness (QED) is 0.463. The van der Waals surface area contributed by atoms with E-state index in [1.807, 2.05) is 51.1 Å². The first-order valence-corrected chi connectivity index (χ1v) is 12.5. The monoisotopic (exact) mass is 539 g/mol. The summed E-state index contributed by atoms with van der Waals surface area (Å²) >= 11 is 3.43. The van der Waals surface area contributed by atoms with E-state index < -0.39 is 0 Å². The highest BCUT2D eigenvalue weighted by Gasteiger charge is 2.27. The van der Waals surface area contributed by atoms with E-state index in [9.17, 15) is 9.59 Å². The molecule has 9 heteroatoms. The number of anilines is 1. The van der Waals surface area contributed by atoms with Gasteiger partial charge in [-0.2, -0.15) is 4.98 Å². The lowest BCUT2D eigenvalue weighted by Gasteiger charge is -2.30. The zero-order valence-electron chi connectivity index (χ0n) is 20.2. The fourth-order valence-corrected chi connectivity index (χ4v) is 4.28. The molecule has 184 valence electrons. The van der Waals surface area contributed by atoms with Gasteiger partial charge in [-0.3, -0.25) is 14.5 Å². The molecule has 2 aromatic carbocycles. The molecular formula is C26H30BrN5O3. The van der Waals surface area contributed by atoms with Crippen molar-refractivity contribution in [2.24, 2.45) is 5.92 Å². The molecule has 1 aromatic heterocycles. The highest BCUT2D eigenvalue weighted by atomic mass is 79.9. The van der Waals surface area contributed by atoms with Gasteiger partial charge in [0.25, 0.3) is 5.91 Å². The van der Waals surface area contributed by atoms with Crippen LogP contribution in [0.15, 0.2) is 57.5 Å². The van der Waals surface area contributed by atoms with Gasteiger partial charge in [-0.05, 0) is 83.1 Å². The van der Waals surface area contributed by atoms with Gasteiger partial charge in [0.1, 0.15) is 0 Å². The molecule has 1 fully saturated rings. The summed E-state index contributed by atoms with van der Waals surface area (Å²) in [6, 6.07) is 14.9. The molecule has 1 aliphatic rings. The number of halogens is 1. The van der Waals surface area contributed by atoms with Gasteiger partial charge in [-0.25, -0.2) is 0 Å². The number of aromatic nitrogens is 2. The molecule has 4 rings (SSSR count). The fraction of sp³-hybridized carbons (Fsp3) is 0.385. The lowest BCUT2D eigenvalue weighted by molar-refractivity contribution is -0.121. The molecular weight excluding hydrogens is 510 g/mol. The molecule has 2 amide bonds. The third-order valence-electron chi connectivity index (χ3n) is 5.81. The SMILES string of the molecule is CC(C)(C)NC(=O)c1ccccc1NC(=O)C1CCN(Cc2nc(-c3ccc(Br)cc3)no2)CC1. The molecule has 1 aliphatic heterocycles. The number of hydrogen-bond donors (Lipinski definition) is 2. The molecule has 0 atom stereocenters. The zero-order chi connectivity index (χ0) is 25.0. The Morgan fingerprint density at radius 1 is 1.09 bits per heavy atom. The Morgan fingerprint density at radius 2 is 1.77 bits per heavy atom. The van der Waals surface area contributed by atoms with E-state index in [1.165, 1.54) is 0 Å². The summed E-state index contributed by atoms with van der Waals surface area (Å²) in [6.45, 7) is 7.83. The normalized spacial score (nSPS) is 15.1. The lowest BCUT2D eigenvalue weighted by Crippen LogP contribution is -2.41. The second-order valence-electron chi connectivity index (χ2n) is 9.81. The zero-order valence-corrected chi connectivity index (χ0v) is 21.8. The van der Waals surface area contributed by atoms with Crippen molar-refractivity contribution >= 4 is 33.4 Å². The van der Waals surface area contributed by atoms with E-state index in [1.54, 1.807) is 18.2 Å². The molecule has 0 aliphatic carbocycles. The molecule has 0 bridgehead atoms. The number of rotatable bonds is 6. The van der Waals surface area contributed by atoms with E-state index in [0.717, 1.165) is 36.0 Å². The minimum absolute atomic E-state index is 0.0593. The Hall–Kier alpha value is -3.04. The van der Waals surface area contributed by atoms with E-state index in [0.29, 0.717) is 29.5 Å². The summed E-state index contributed by atoms with van der Waals surface area (Å²) in [4.78, 5) is 32.4. The van der Waals surface area contributed by atoms with Crippen molar-refractivity contribution in [3.05, 3.63) is 64.5 Å². The lowest BCUT2D eigenvalue weighted by atomic mass is 9.95. The molecule has 0 spiro atoms. The maximum Gasteiger partial charge on any atom is 0.253 e. The highest BCUT2D eigenvalue weighted by molar-refractivity contribution is 9.10. The summed E-state index contributed by atoms with van der Waals surface area (Å²) < 4.78 is 6.44. The summed E-state index contributed by atoms with van der Waals surface area (Å²) in [5.41, 5.74) is 1.53. The van der Waals surface area contributed by atoms with Crippen LogP contribution in [-0.2, 0) is 11.3 Å². The number of nitrogens with one attached hydrogen (secondary N) is 2. The Labute approximate surface area is 213 Å². The first-order chi connectivity index (χ1) is 16.7. The average Bonchev–Trinajstić information content (AvgIpc) is 3.27. The van der Waals surface area contributed by atoms with Crippen LogP contribution < -0.4 is 10.6 Å². The van der Waals surface area contributed by atoms with Gasteiger partial charge >= 0.3 is 0 Å². The van der Waals surface area contributed by atoms with Crippen LogP contribution in [0.3, 0.4) is 0 Å². The smallest absolute Gasteiger partial charge is 0.253 e. The minimum atomic E-state index is -0.363. The van der Waals surface area contributed by atoms with E-state index in [2.05, 4.69) is 41.6 Å². The molecule has 0 radical (unpaired) electrons. The minimum Gasteiger partial charge on any atom is -0.347 e. The summed E-state index contributed by atoms with van der Waals surface area (Å²) in [7, 11) is 0. The Balaban J connectivity index is 1.31. The number of carbonyl (C=O) groups excluding carboxylic acids is 2. The number of hydrogen-bond acceptors (Lipinski definition) is 6. The van der Waals surface area contributed by atoms with Gasteiger partial charge in [0, 0.05) is 21.5 Å². The predicted molar refractivity (Wildman–Crippen MR) is 138 cm³/mol. The first kappa shape index (κ1) is 25.1. The van der Waals surface area contributed by atoms with Crippen molar-refractivity contribution in [2.75, 3.05) is 18.4 Å². The number of nitrogens with zero attached hydrogens (tertiary/aromatic N) is 3. The Kier molecular flexibility index (Phi) is 7.66. The number of piperidine rings is 1. The van der Waals surface area contributed by atoms with E-state index in [-0.39, 0.29) is 23.3 Å². The molecule has 2 N–H and O–H groups in total. The Morgan fingerprint density at radius 3 is 2.46 bits per heavy atom. The molecule has 0 unspecified atom stereocenters. The Bertz CT molecular complexity index is 1180.